The van der Waals surface area contributed by atoms with Crippen LogP contribution < -0.4 is 9.16 Å². The van der Waals surface area contributed by atoms with Crippen molar-refractivity contribution < 1.29 is 28.2 Å². The van der Waals surface area contributed by atoms with E-state index in [1.807, 2.05) is 53.7 Å². The summed E-state index contributed by atoms with van der Waals surface area (Å²) in [5.41, 5.74) is 0.0579. The number of amides is 1. The third kappa shape index (κ3) is 7.68. The molecule has 10 heteroatoms. The number of ether oxygens (including phenoxy) is 3. The first-order valence-corrected chi connectivity index (χ1v) is 16.7. The summed E-state index contributed by atoms with van der Waals surface area (Å²) in [5.74, 6) is 1.71. The lowest BCUT2D eigenvalue weighted by atomic mass is 10.1. The van der Waals surface area contributed by atoms with E-state index in [2.05, 4.69) is 38.8 Å². The van der Waals surface area contributed by atoms with Gasteiger partial charge in [-0.2, -0.15) is 0 Å². The van der Waals surface area contributed by atoms with Gasteiger partial charge in [-0.1, -0.05) is 20.8 Å². The summed E-state index contributed by atoms with van der Waals surface area (Å²) in [6, 6.07) is 3.71. The molecule has 0 spiro atoms. The van der Waals surface area contributed by atoms with Gasteiger partial charge in [0.15, 0.2) is 5.75 Å². The number of piperidine rings is 1. The monoisotopic (exact) mass is 561 g/mol. The van der Waals surface area contributed by atoms with E-state index in [0.717, 1.165) is 0 Å². The number of imidazole rings is 1. The van der Waals surface area contributed by atoms with Gasteiger partial charge in [-0.3, -0.25) is 0 Å². The first-order chi connectivity index (χ1) is 17.7. The van der Waals surface area contributed by atoms with Crippen LogP contribution in [0.15, 0.2) is 12.1 Å². The average Bonchev–Trinajstić information content (AvgIpc) is 3.05. The van der Waals surface area contributed by atoms with Crippen LogP contribution in [0.3, 0.4) is 0 Å². The summed E-state index contributed by atoms with van der Waals surface area (Å²) in [7, 11) is -2.22. The maximum Gasteiger partial charge on any atom is 0.420 e. The summed E-state index contributed by atoms with van der Waals surface area (Å²) < 4.78 is 25.9. The van der Waals surface area contributed by atoms with Gasteiger partial charge >= 0.3 is 12.2 Å². The van der Waals surface area contributed by atoms with Crippen LogP contribution in [0.5, 0.6) is 11.5 Å². The highest BCUT2D eigenvalue weighted by molar-refractivity contribution is 6.74. The summed E-state index contributed by atoms with van der Waals surface area (Å²) >= 11 is 0. The number of hydrogen-bond acceptors (Lipinski definition) is 7. The number of aromatic nitrogens is 2. The molecule has 0 N–H and O–H groups in total. The van der Waals surface area contributed by atoms with Gasteiger partial charge in [-0.05, 0) is 66.6 Å². The molecule has 1 amide bonds. The second kappa shape index (κ2) is 10.7. The first-order valence-electron chi connectivity index (χ1n) is 13.8. The van der Waals surface area contributed by atoms with Gasteiger partial charge in [0.05, 0.1) is 11.0 Å². The molecule has 1 aromatic heterocycles. The molecule has 39 heavy (non-hydrogen) atoms. The summed E-state index contributed by atoms with van der Waals surface area (Å²) in [6.07, 6.45) is 0.391. The van der Waals surface area contributed by atoms with Crippen molar-refractivity contribution in [3.05, 3.63) is 18.0 Å². The highest BCUT2D eigenvalue weighted by atomic mass is 28.4. The maximum atomic E-state index is 13.1. The predicted octanol–water partition coefficient (Wildman–Crippen LogP) is 7.29. The number of aryl methyl sites for hydroxylation is 1. The Morgan fingerprint density at radius 1 is 0.872 bits per heavy atom. The van der Waals surface area contributed by atoms with Crippen molar-refractivity contribution in [2.24, 2.45) is 0 Å². The predicted molar refractivity (Wildman–Crippen MR) is 155 cm³/mol. The Labute approximate surface area is 234 Å². The standard InChI is InChI=1S/C29H47N3O6Si/c1-19-30-21-17-24(38-39(11,12)29(8,9)10)23(18-22(21)32(19)26(34)37-28(5,6)7)35-20-13-15-31(16-14-20)25(33)36-27(2,3)4/h17-18,20H,13-16H2,1-12H3. The normalized spacial score (nSPS) is 15.8. The molecule has 1 aromatic carbocycles. The Morgan fingerprint density at radius 3 is 1.92 bits per heavy atom. The summed E-state index contributed by atoms with van der Waals surface area (Å²) in [6.45, 7) is 24.9. The molecule has 2 aromatic rings. The number of fused-ring (bicyclic) bond motifs is 1. The fourth-order valence-electron chi connectivity index (χ4n) is 4.01. The zero-order valence-electron chi connectivity index (χ0n) is 25.9. The van der Waals surface area contributed by atoms with E-state index in [0.29, 0.717) is 54.3 Å². The molecule has 1 aliphatic heterocycles. The lowest BCUT2D eigenvalue weighted by Crippen LogP contribution is -2.45. The van der Waals surface area contributed by atoms with Gasteiger partial charge in [-0.25, -0.2) is 19.1 Å². The van der Waals surface area contributed by atoms with Gasteiger partial charge in [-0.15, -0.1) is 0 Å². The number of nitrogens with zero attached hydrogens (tertiary/aromatic N) is 3. The van der Waals surface area contributed by atoms with E-state index < -0.39 is 25.6 Å². The minimum Gasteiger partial charge on any atom is -0.541 e. The van der Waals surface area contributed by atoms with Gasteiger partial charge in [0.1, 0.15) is 28.9 Å². The second-order valence-electron chi connectivity index (χ2n) is 13.9. The number of carbonyl (C=O) groups is 2. The van der Waals surface area contributed by atoms with Gasteiger partial charge in [0, 0.05) is 38.1 Å². The molecule has 0 bridgehead atoms. The van der Waals surface area contributed by atoms with E-state index in [1.165, 1.54) is 4.57 Å². The molecule has 2 heterocycles. The van der Waals surface area contributed by atoms with Crippen molar-refractivity contribution in [1.82, 2.24) is 14.5 Å². The molecule has 218 valence electrons. The number of carbonyl (C=O) groups excluding carboxylic acids is 2. The highest BCUT2D eigenvalue weighted by Gasteiger charge is 2.40. The van der Waals surface area contributed by atoms with Crippen molar-refractivity contribution >= 4 is 31.5 Å². The Hall–Kier alpha value is -2.75. The van der Waals surface area contributed by atoms with Crippen LogP contribution in [0.1, 0.15) is 81.0 Å². The lowest BCUT2D eigenvalue weighted by molar-refractivity contribution is 0.0125. The van der Waals surface area contributed by atoms with E-state index in [1.54, 1.807) is 11.8 Å². The average molecular weight is 562 g/mol. The lowest BCUT2D eigenvalue weighted by Gasteiger charge is -2.37. The topological polar surface area (TPSA) is 92.1 Å². The van der Waals surface area contributed by atoms with E-state index in [4.69, 9.17) is 18.6 Å². The Kier molecular flexibility index (Phi) is 8.42. The third-order valence-corrected chi connectivity index (χ3v) is 11.4. The summed E-state index contributed by atoms with van der Waals surface area (Å²) in [5, 5.41) is -0.0240. The van der Waals surface area contributed by atoms with Gasteiger partial charge < -0.3 is 23.5 Å². The van der Waals surface area contributed by atoms with E-state index >= 15 is 0 Å². The van der Waals surface area contributed by atoms with E-state index in [9.17, 15) is 9.59 Å². The van der Waals surface area contributed by atoms with E-state index in [-0.39, 0.29) is 17.2 Å². The molecule has 1 fully saturated rings. The van der Waals surface area contributed by atoms with Crippen LogP contribution in [0.25, 0.3) is 11.0 Å². The van der Waals surface area contributed by atoms with Crippen molar-refractivity contribution in [1.29, 1.82) is 0 Å². The molecule has 1 aliphatic rings. The molecule has 0 unspecified atom stereocenters. The molecule has 1 saturated heterocycles. The molecular weight excluding hydrogens is 514 g/mol. The Balaban J connectivity index is 1.95. The van der Waals surface area contributed by atoms with Crippen LogP contribution in [0.4, 0.5) is 9.59 Å². The van der Waals surface area contributed by atoms with Crippen molar-refractivity contribution in [3.8, 4) is 11.5 Å². The van der Waals surface area contributed by atoms with Crippen LogP contribution >= 0.6 is 0 Å². The minimum absolute atomic E-state index is 0.0240. The Bertz CT molecular complexity index is 1210. The number of hydrogen-bond donors (Lipinski definition) is 0. The number of rotatable bonds is 4. The maximum absolute atomic E-state index is 13.1. The molecular formula is C29H47N3O6Si. The summed E-state index contributed by atoms with van der Waals surface area (Å²) in [4.78, 5) is 32.0. The number of likely N-dealkylation sites (tertiary alicyclic amines) is 1. The molecule has 9 nitrogen and oxygen atoms in total. The Morgan fingerprint density at radius 2 is 1.41 bits per heavy atom. The molecule has 0 atom stereocenters. The molecule has 0 radical (unpaired) electrons. The second-order valence-corrected chi connectivity index (χ2v) is 18.6. The van der Waals surface area contributed by atoms with Crippen LogP contribution in [-0.2, 0) is 9.47 Å². The highest BCUT2D eigenvalue weighted by Crippen LogP contribution is 2.42. The third-order valence-electron chi connectivity index (χ3n) is 7.02. The van der Waals surface area contributed by atoms with Gasteiger partial charge in [0.25, 0.3) is 8.32 Å². The SMILES string of the molecule is Cc1nc2cc(O[Si](C)(C)C(C)(C)C)c(OC3CCN(C(=O)OC(C)(C)C)CC3)cc2n1C(=O)OC(C)(C)C. The van der Waals surface area contributed by atoms with Crippen molar-refractivity contribution in [2.75, 3.05) is 13.1 Å². The van der Waals surface area contributed by atoms with Crippen LogP contribution in [0, 0.1) is 6.92 Å². The largest absolute Gasteiger partial charge is 0.541 e. The van der Waals surface area contributed by atoms with Crippen molar-refractivity contribution in [3.63, 3.8) is 0 Å². The zero-order valence-corrected chi connectivity index (χ0v) is 26.9. The number of benzene rings is 1. The zero-order chi connectivity index (χ0) is 29.6. The van der Waals surface area contributed by atoms with Crippen molar-refractivity contribution in [2.45, 2.75) is 118 Å². The van der Waals surface area contributed by atoms with Crippen LogP contribution in [0.2, 0.25) is 18.1 Å². The smallest absolute Gasteiger partial charge is 0.420 e. The fraction of sp³-hybridized carbons (Fsp3) is 0.690. The fourth-order valence-corrected chi connectivity index (χ4v) is 5.02. The quantitative estimate of drug-likeness (QED) is 0.362. The van der Waals surface area contributed by atoms with Gasteiger partial charge in [0.2, 0.25) is 0 Å². The molecule has 3 rings (SSSR count). The molecule has 0 saturated carbocycles. The minimum atomic E-state index is -2.22. The molecule has 0 aliphatic carbocycles. The van der Waals surface area contributed by atoms with Crippen LogP contribution in [-0.4, -0.2) is 65.4 Å². The first kappa shape index (κ1) is 30.8.